The molecule has 19 heavy (non-hydrogen) atoms. The molecule has 4 nitrogen and oxygen atoms in total. The van der Waals surface area contributed by atoms with E-state index in [0.717, 1.165) is 17.9 Å². The van der Waals surface area contributed by atoms with Crippen LogP contribution in [0.15, 0.2) is 22.9 Å². The van der Waals surface area contributed by atoms with Crippen molar-refractivity contribution >= 4 is 17.3 Å². The topological polar surface area (TPSA) is 41.1 Å². The van der Waals surface area contributed by atoms with Gasteiger partial charge in [-0.3, -0.25) is 0 Å². The van der Waals surface area contributed by atoms with Gasteiger partial charge in [-0.15, -0.1) is 0 Å². The highest BCUT2D eigenvalue weighted by atomic mass is 32.1. The van der Waals surface area contributed by atoms with Crippen molar-refractivity contribution in [1.29, 1.82) is 0 Å². The molecule has 0 saturated carbocycles. The monoisotopic (exact) mass is 276 g/mol. The Morgan fingerprint density at radius 3 is 2.47 bits per heavy atom. The van der Waals surface area contributed by atoms with Gasteiger partial charge in [0.1, 0.15) is 0 Å². The molecule has 0 aliphatic rings. The van der Waals surface area contributed by atoms with Gasteiger partial charge >= 0.3 is 0 Å². The lowest BCUT2D eigenvalue weighted by Crippen LogP contribution is -2.27. The van der Waals surface area contributed by atoms with Crippen molar-refractivity contribution in [2.75, 3.05) is 26.0 Å². The van der Waals surface area contributed by atoms with Crippen LogP contribution in [-0.4, -0.2) is 35.5 Å². The highest BCUT2D eigenvalue weighted by molar-refractivity contribution is 7.07. The summed E-state index contributed by atoms with van der Waals surface area (Å²) < 4.78 is 0. The second kappa shape index (κ2) is 6.12. The van der Waals surface area contributed by atoms with Gasteiger partial charge in [0.05, 0.1) is 6.04 Å². The average molecular weight is 276 g/mol. The third-order valence-corrected chi connectivity index (χ3v) is 3.69. The molecule has 0 aliphatic carbocycles. The standard InChI is InChI=1S/C14H20N4S/c1-10-7-11(2)17-14(16-10)15-8-13(18(3)4)12-5-6-19-9-12/h5-7,9,13H,8H2,1-4H3,(H,15,16,17)/t13-/m1/s1. The Balaban J connectivity index is 2.07. The minimum absolute atomic E-state index is 0.329. The number of nitrogens with zero attached hydrogens (tertiary/aromatic N) is 3. The third-order valence-electron chi connectivity index (χ3n) is 2.99. The van der Waals surface area contributed by atoms with E-state index in [-0.39, 0.29) is 0 Å². The number of aromatic nitrogens is 2. The number of nitrogens with one attached hydrogen (secondary N) is 1. The molecule has 2 aromatic heterocycles. The molecule has 0 fully saturated rings. The summed E-state index contributed by atoms with van der Waals surface area (Å²) >= 11 is 1.73. The molecule has 0 unspecified atom stereocenters. The molecular formula is C14H20N4S. The van der Waals surface area contributed by atoms with Gasteiger partial charge < -0.3 is 10.2 Å². The second-order valence-corrected chi connectivity index (χ2v) is 5.67. The highest BCUT2D eigenvalue weighted by Gasteiger charge is 2.14. The van der Waals surface area contributed by atoms with Crippen LogP contribution in [-0.2, 0) is 0 Å². The molecule has 102 valence electrons. The van der Waals surface area contributed by atoms with Gasteiger partial charge in [-0.25, -0.2) is 9.97 Å². The summed E-state index contributed by atoms with van der Waals surface area (Å²) in [5.74, 6) is 0.708. The average Bonchev–Trinajstić information content (AvgIpc) is 2.81. The van der Waals surface area contributed by atoms with Crippen molar-refractivity contribution in [2.24, 2.45) is 0 Å². The summed E-state index contributed by atoms with van der Waals surface area (Å²) in [6.45, 7) is 4.77. The normalized spacial score (nSPS) is 12.7. The van der Waals surface area contributed by atoms with Crippen molar-refractivity contribution < 1.29 is 0 Å². The molecule has 5 heteroatoms. The van der Waals surface area contributed by atoms with Crippen LogP contribution in [0.2, 0.25) is 0 Å². The van der Waals surface area contributed by atoms with Crippen molar-refractivity contribution in [2.45, 2.75) is 19.9 Å². The zero-order valence-corrected chi connectivity index (χ0v) is 12.7. The summed E-state index contributed by atoms with van der Waals surface area (Å²) in [6.07, 6.45) is 0. The van der Waals surface area contributed by atoms with E-state index in [1.807, 2.05) is 19.9 Å². The second-order valence-electron chi connectivity index (χ2n) is 4.89. The van der Waals surface area contributed by atoms with Crippen LogP contribution in [0.25, 0.3) is 0 Å². The quantitative estimate of drug-likeness (QED) is 0.911. The van der Waals surface area contributed by atoms with E-state index in [2.05, 4.69) is 51.1 Å². The van der Waals surface area contributed by atoms with Gasteiger partial charge in [0.25, 0.3) is 0 Å². The van der Waals surface area contributed by atoms with Crippen LogP contribution in [0, 0.1) is 13.8 Å². The molecule has 0 spiro atoms. The Hall–Kier alpha value is -1.46. The smallest absolute Gasteiger partial charge is 0.223 e. The van der Waals surface area contributed by atoms with E-state index < -0.39 is 0 Å². The lowest BCUT2D eigenvalue weighted by molar-refractivity contribution is 0.312. The maximum Gasteiger partial charge on any atom is 0.223 e. The van der Waals surface area contributed by atoms with Crippen LogP contribution < -0.4 is 5.32 Å². The maximum atomic E-state index is 4.41. The number of thiophene rings is 1. The Morgan fingerprint density at radius 2 is 1.95 bits per heavy atom. The van der Waals surface area contributed by atoms with E-state index in [4.69, 9.17) is 0 Å². The molecule has 2 rings (SSSR count). The molecule has 0 amide bonds. The molecular weight excluding hydrogens is 256 g/mol. The van der Waals surface area contributed by atoms with E-state index in [1.165, 1.54) is 5.56 Å². The van der Waals surface area contributed by atoms with Gasteiger partial charge in [-0.1, -0.05) is 0 Å². The molecule has 0 bridgehead atoms. The highest BCUT2D eigenvalue weighted by Crippen LogP contribution is 2.21. The van der Waals surface area contributed by atoms with Gasteiger partial charge in [0.2, 0.25) is 5.95 Å². The molecule has 1 atom stereocenters. The number of aryl methyl sites for hydroxylation is 2. The SMILES string of the molecule is Cc1cc(C)nc(NC[C@H](c2ccsc2)N(C)C)n1. The van der Waals surface area contributed by atoms with E-state index in [9.17, 15) is 0 Å². The number of rotatable bonds is 5. The van der Waals surface area contributed by atoms with Crippen molar-refractivity contribution in [1.82, 2.24) is 14.9 Å². The molecule has 1 N–H and O–H groups in total. The van der Waals surface area contributed by atoms with Crippen LogP contribution in [0.5, 0.6) is 0 Å². The van der Waals surface area contributed by atoms with Gasteiger partial charge in [-0.05, 0) is 56.4 Å². The predicted octanol–water partition coefficient (Wildman–Crippen LogP) is 2.87. The lowest BCUT2D eigenvalue weighted by atomic mass is 10.1. The first-order valence-corrected chi connectivity index (χ1v) is 7.25. The summed E-state index contributed by atoms with van der Waals surface area (Å²) in [5, 5.41) is 7.64. The summed E-state index contributed by atoms with van der Waals surface area (Å²) in [6, 6.07) is 4.48. The molecule has 2 aromatic rings. The number of hydrogen-bond acceptors (Lipinski definition) is 5. The Labute approximate surface area is 118 Å². The van der Waals surface area contributed by atoms with Gasteiger partial charge in [0.15, 0.2) is 0 Å². The third kappa shape index (κ3) is 3.75. The zero-order valence-electron chi connectivity index (χ0n) is 11.8. The van der Waals surface area contributed by atoms with Crippen molar-refractivity contribution in [3.63, 3.8) is 0 Å². The number of hydrogen-bond donors (Lipinski definition) is 1. The molecule has 2 heterocycles. The zero-order chi connectivity index (χ0) is 13.8. The summed E-state index contributed by atoms with van der Waals surface area (Å²) in [7, 11) is 4.18. The Kier molecular flexibility index (Phi) is 4.50. The fourth-order valence-electron chi connectivity index (χ4n) is 2.06. The van der Waals surface area contributed by atoms with E-state index >= 15 is 0 Å². The minimum atomic E-state index is 0.329. The minimum Gasteiger partial charge on any atom is -0.352 e. The fourth-order valence-corrected chi connectivity index (χ4v) is 2.76. The summed E-state index contributed by atoms with van der Waals surface area (Å²) in [4.78, 5) is 11.0. The fraction of sp³-hybridized carbons (Fsp3) is 0.429. The molecule has 0 aromatic carbocycles. The maximum absolute atomic E-state index is 4.41. The first kappa shape index (κ1) is 14.0. The van der Waals surface area contributed by atoms with Crippen LogP contribution in [0.1, 0.15) is 23.0 Å². The van der Waals surface area contributed by atoms with Crippen molar-refractivity contribution in [3.8, 4) is 0 Å². The Morgan fingerprint density at radius 1 is 1.26 bits per heavy atom. The van der Waals surface area contributed by atoms with Gasteiger partial charge in [-0.2, -0.15) is 11.3 Å². The van der Waals surface area contributed by atoms with Crippen LogP contribution in [0.4, 0.5) is 5.95 Å². The van der Waals surface area contributed by atoms with E-state index in [1.54, 1.807) is 11.3 Å². The summed E-state index contributed by atoms with van der Waals surface area (Å²) in [5.41, 5.74) is 3.31. The van der Waals surface area contributed by atoms with Crippen molar-refractivity contribution in [3.05, 3.63) is 39.8 Å². The van der Waals surface area contributed by atoms with E-state index in [0.29, 0.717) is 12.0 Å². The first-order valence-electron chi connectivity index (χ1n) is 6.31. The first-order chi connectivity index (χ1) is 9.06. The van der Waals surface area contributed by atoms with Gasteiger partial charge in [0, 0.05) is 17.9 Å². The number of likely N-dealkylation sites (N-methyl/N-ethyl adjacent to an activating group) is 1. The van der Waals surface area contributed by atoms with Crippen LogP contribution in [0.3, 0.4) is 0 Å². The number of anilines is 1. The molecule has 0 saturated heterocycles. The van der Waals surface area contributed by atoms with Crippen LogP contribution >= 0.6 is 11.3 Å². The Bertz CT molecular complexity index is 502. The predicted molar refractivity (Wildman–Crippen MR) is 80.7 cm³/mol. The lowest BCUT2D eigenvalue weighted by Gasteiger charge is -2.24. The largest absolute Gasteiger partial charge is 0.352 e. The molecule has 0 aliphatic heterocycles. The molecule has 0 radical (unpaired) electrons.